The number of nitrogens with zero attached hydrogens (tertiary/aromatic N) is 1. The van der Waals surface area contributed by atoms with Crippen LogP contribution in [-0.4, -0.2) is 35.0 Å². The van der Waals surface area contributed by atoms with E-state index in [0.29, 0.717) is 11.3 Å². The maximum atomic E-state index is 12.2. The highest BCUT2D eigenvalue weighted by Gasteiger charge is 2.30. The Morgan fingerprint density at radius 3 is 2.62 bits per heavy atom. The van der Waals surface area contributed by atoms with Crippen molar-refractivity contribution in [2.24, 2.45) is 0 Å². The summed E-state index contributed by atoms with van der Waals surface area (Å²) in [6, 6.07) is 7.24. The third-order valence-corrected chi connectivity index (χ3v) is 3.26. The first-order valence-corrected chi connectivity index (χ1v) is 6.91. The maximum absolute atomic E-state index is 12.2. The van der Waals surface area contributed by atoms with Crippen LogP contribution in [0.5, 0.6) is 5.75 Å². The molecule has 6 heteroatoms. The van der Waals surface area contributed by atoms with E-state index in [1.807, 2.05) is 26.0 Å². The van der Waals surface area contributed by atoms with Gasteiger partial charge in [0.25, 0.3) is 11.8 Å². The topological polar surface area (TPSA) is 58.6 Å². The van der Waals surface area contributed by atoms with E-state index in [9.17, 15) is 9.59 Å². The van der Waals surface area contributed by atoms with Crippen LogP contribution in [0.4, 0.5) is 0 Å². The molecule has 1 aromatic carbocycles. The predicted octanol–water partition coefficient (Wildman–Crippen LogP) is 1.73. The number of rotatable bonds is 3. The van der Waals surface area contributed by atoms with Crippen molar-refractivity contribution in [3.05, 3.63) is 35.4 Å². The average Bonchev–Trinajstić information content (AvgIpc) is 2.42. The molecule has 1 N–H and O–H groups in total. The second-order valence-corrected chi connectivity index (χ2v) is 5.27. The molecule has 1 saturated heterocycles. The Hall–Kier alpha value is -2.21. The van der Waals surface area contributed by atoms with Crippen molar-refractivity contribution < 1.29 is 14.3 Å². The van der Waals surface area contributed by atoms with E-state index in [0.717, 1.165) is 0 Å². The van der Waals surface area contributed by atoms with Gasteiger partial charge in [-0.2, -0.15) is 0 Å². The molecule has 21 heavy (non-hydrogen) atoms. The first-order chi connectivity index (χ1) is 9.90. The summed E-state index contributed by atoms with van der Waals surface area (Å²) in [5.41, 5.74) is 0.705. The van der Waals surface area contributed by atoms with Gasteiger partial charge in [-0.05, 0) is 38.2 Å². The molecule has 1 aliphatic rings. The standard InChI is InChI=1S/C15H16N2O3S/c1-9(2)20-12-7-5-4-6-10(12)8-11-13(18)16-15(21)17(3)14(11)19/h4-9H,1-3H3,(H,16,18,21). The van der Waals surface area contributed by atoms with Crippen LogP contribution >= 0.6 is 12.2 Å². The zero-order chi connectivity index (χ0) is 15.6. The van der Waals surface area contributed by atoms with Gasteiger partial charge in [-0.1, -0.05) is 18.2 Å². The monoisotopic (exact) mass is 304 g/mol. The molecule has 110 valence electrons. The van der Waals surface area contributed by atoms with Crippen molar-refractivity contribution in [1.82, 2.24) is 10.2 Å². The molecule has 0 spiro atoms. The molecule has 0 aliphatic carbocycles. The highest BCUT2D eigenvalue weighted by atomic mass is 32.1. The number of carbonyl (C=O) groups is 2. The lowest BCUT2D eigenvalue weighted by Crippen LogP contribution is -2.52. The quantitative estimate of drug-likeness (QED) is 0.525. The number of nitrogens with one attached hydrogen (secondary N) is 1. The number of carbonyl (C=O) groups excluding carboxylic acids is 2. The van der Waals surface area contributed by atoms with Crippen molar-refractivity contribution >= 4 is 35.2 Å². The number of benzene rings is 1. The molecule has 1 fully saturated rings. The summed E-state index contributed by atoms with van der Waals surface area (Å²) < 4.78 is 5.68. The normalized spacial score (nSPS) is 17.4. The van der Waals surface area contributed by atoms with E-state index in [2.05, 4.69) is 5.32 Å². The molecular formula is C15H16N2O3S. The Kier molecular flexibility index (Phi) is 4.37. The zero-order valence-corrected chi connectivity index (χ0v) is 12.9. The van der Waals surface area contributed by atoms with Gasteiger partial charge in [0.15, 0.2) is 5.11 Å². The van der Waals surface area contributed by atoms with Crippen molar-refractivity contribution in [3.8, 4) is 5.75 Å². The minimum atomic E-state index is -0.498. The minimum Gasteiger partial charge on any atom is -0.490 e. The molecule has 0 unspecified atom stereocenters. The predicted molar refractivity (Wildman–Crippen MR) is 83.7 cm³/mol. The fraction of sp³-hybridized carbons (Fsp3) is 0.267. The van der Waals surface area contributed by atoms with Gasteiger partial charge in [0.1, 0.15) is 11.3 Å². The number of para-hydroxylation sites is 1. The van der Waals surface area contributed by atoms with Crippen molar-refractivity contribution in [2.45, 2.75) is 20.0 Å². The number of hydrogen-bond acceptors (Lipinski definition) is 4. The summed E-state index contributed by atoms with van der Waals surface area (Å²) in [6.07, 6.45) is 1.52. The Balaban J connectivity index is 2.41. The second kappa shape index (κ2) is 6.05. The van der Waals surface area contributed by atoms with Crippen LogP contribution in [0.1, 0.15) is 19.4 Å². The fourth-order valence-electron chi connectivity index (χ4n) is 1.86. The van der Waals surface area contributed by atoms with Crippen LogP contribution < -0.4 is 10.1 Å². The third-order valence-electron chi connectivity index (χ3n) is 2.89. The number of likely N-dealkylation sites (N-methyl/N-ethyl adjacent to an activating group) is 1. The zero-order valence-electron chi connectivity index (χ0n) is 12.0. The summed E-state index contributed by atoms with van der Waals surface area (Å²) in [4.78, 5) is 25.3. The van der Waals surface area contributed by atoms with E-state index in [1.165, 1.54) is 18.0 Å². The van der Waals surface area contributed by atoms with E-state index in [1.54, 1.807) is 12.1 Å². The molecule has 1 heterocycles. The second-order valence-electron chi connectivity index (χ2n) is 4.89. The lowest BCUT2D eigenvalue weighted by molar-refractivity contribution is -0.128. The Morgan fingerprint density at radius 2 is 1.95 bits per heavy atom. The smallest absolute Gasteiger partial charge is 0.265 e. The average molecular weight is 304 g/mol. The van der Waals surface area contributed by atoms with Gasteiger partial charge in [-0.3, -0.25) is 19.8 Å². The largest absolute Gasteiger partial charge is 0.490 e. The third kappa shape index (κ3) is 3.28. The van der Waals surface area contributed by atoms with Crippen molar-refractivity contribution in [3.63, 3.8) is 0 Å². The van der Waals surface area contributed by atoms with Crippen LogP contribution in [-0.2, 0) is 9.59 Å². The molecule has 0 saturated carbocycles. The molecular weight excluding hydrogens is 288 g/mol. The molecule has 1 aliphatic heterocycles. The Labute approximate surface area is 128 Å². The van der Waals surface area contributed by atoms with Crippen molar-refractivity contribution in [1.29, 1.82) is 0 Å². The first kappa shape index (κ1) is 15.2. The van der Waals surface area contributed by atoms with Crippen molar-refractivity contribution in [2.75, 3.05) is 7.05 Å². The summed E-state index contributed by atoms with van der Waals surface area (Å²) in [5, 5.41) is 2.58. The van der Waals surface area contributed by atoms with E-state index in [-0.39, 0.29) is 16.8 Å². The minimum absolute atomic E-state index is 0.00400. The first-order valence-electron chi connectivity index (χ1n) is 6.51. The maximum Gasteiger partial charge on any atom is 0.265 e. The molecule has 2 amide bonds. The number of ether oxygens (including phenoxy) is 1. The number of hydrogen-bond donors (Lipinski definition) is 1. The Bertz CT molecular complexity index is 638. The fourth-order valence-corrected chi connectivity index (χ4v) is 2.04. The van der Waals surface area contributed by atoms with E-state index >= 15 is 0 Å². The molecule has 0 aromatic heterocycles. The van der Waals surface area contributed by atoms with Crippen LogP contribution in [0.25, 0.3) is 6.08 Å². The molecule has 0 radical (unpaired) electrons. The summed E-state index contributed by atoms with van der Waals surface area (Å²) in [5.74, 6) is -0.304. The van der Waals surface area contributed by atoms with Gasteiger partial charge in [0.05, 0.1) is 6.10 Å². The van der Waals surface area contributed by atoms with Gasteiger partial charge in [-0.15, -0.1) is 0 Å². The molecule has 0 atom stereocenters. The van der Waals surface area contributed by atoms with Crippen LogP contribution in [0, 0.1) is 0 Å². The lowest BCUT2D eigenvalue weighted by Gasteiger charge is -2.25. The van der Waals surface area contributed by atoms with Crippen LogP contribution in [0.15, 0.2) is 29.8 Å². The van der Waals surface area contributed by atoms with Crippen LogP contribution in [0.2, 0.25) is 0 Å². The van der Waals surface area contributed by atoms with Gasteiger partial charge < -0.3 is 4.74 Å². The lowest BCUT2D eigenvalue weighted by atomic mass is 10.1. The Morgan fingerprint density at radius 1 is 1.29 bits per heavy atom. The van der Waals surface area contributed by atoms with Gasteiger partial charge >= 0.3 is 0 Å². The SMILES string of the molecule is CC(C)Oc1ccccc1C=C1C(=O)NC(=S)N(C)C1=O. The van der Waals surface area contributed by atoms with Gasteiger partial charge in [-0.25, -0.2) is 0 Å². The molecule has 5 nitrogen and oxygen atoms in total. The molecule has 0 bridgehead atoms. The highest BCUT2D eigenvalue weighted by molar-refractivity contribution is 7.80. The van der Waals surface area contributed by atoms with E-state index < -0.39 is 11.8 Å². The summed E-state index contributed by atoms with van der Waals surface area (Å²) in [7, 11) is 1.52. The van der Waals surface area contributed by atoms with Gasteiger partial charge in [0, 0.05) is 12.6 Å². The van der Waals surface area contributed by atoms with Gasteiger partial charge in [0.2, 0.25) is 0 Å². The molecule has 1 aromatic rings. The summed E-state index contributed by atoms with van der Waals surface area (Å²) >= 11 is 4.90. The van der Waals surface area contributed by atoms with Crippen LogP contribution in [0.3, 0.4) is 0 Å². The highest BCUT2D eigenvalue weighted by Crippen LogP contribution is 2.23. The number of amides is 2. The van der Waals surface area contributed by atoms with E-state index in [4.69, 9.17) is 17.0 Å². The molecule has 2 rings (SSSR count). The number of thiocarbonyl (C=S) groups is 1. The summed E-state index contributed by atoms with van der Waals surface area (Å²) in [6.45, 7) is 3.82.